The van der Waals surface area contributed by atoms with E-state index in [9.17, 15) is 4.79 Å². The summed E-state index contributed by atoms with van der Waals surface area (Å²) in [4.78, 5) is 12.0. The van der Waals surface area contributed by atoms with Gasteiger partial charge in [0, 0.05) is 17.1 Å². The highest BCUT2D eigenvalue weighted by Gasteiger charge is 2.14. The largest absolute Gasteiger partial charge is 0.459 e. The maximum absolute atomic E-state index is 12.0. The van der Waals surface area contributed by atoms with Crippen LogP contribution in [-0.2, 0) is 6.54 Å². The van der Waals surface area contributed by atoms with Gasteiger partial charge >= 0.3 is 6.03 Å². The summed E-state index contributed by atoms with van der Waals surface area (Å²) >= 11 is 0. The first-order valence-corrected chi connectivity index (χ1v) is 7.20. The number of hydrogen-bond acceptors (Lipinski definition) is 4. The van der Waals surface area contributed by atoms with Gasteiger partial charge in [0.25, 0.3) is 0 Å². The molecule has 116 valence electrons. The topological polar surface area (TPSA) is 72.7 Å². The molecule has 0 aliphatic carbocycles. The van der Waals surface area contributed by atoms with Crippen LogP contribution in [0.2, 0.25) is 0 Å². The second-order valence-corrected chi connectivity index (χ2v) is 5.13. The lowest BCUT2D eigenvalue weighted by Gasteiger charge is -2.07. The SMILES string of the molecule is O=C(NCc1cc2ccccc2o1)Nc1ccc2c(c1)OCO2. The van der Waals surface area contributed by atoms with Gasteiger partial charge in [-0.1, -0.05) is 18.2 Å². The van der Waals surface area contributed by atoms with Crippen LogP contribution in [0.15, 0.2) is 52.9 Å². The second-order valence-electron chi connectivity index (χ2n) is 5.13. The Labute approximate surface area is 132 Å². The molecule has 6 nitrogen and oxygen atoms in total. The molecule has 2 amide bonds. The van der Waals surface area contributed by atoms with Crippen molar-refractivity contribution in [1.29, 1.82) is 0 Å². The van der Waals surface area contributed by atoms with Gasteiger partial charge in [0.05, 0.1) is 6.54 Å². The Morgan fingerprint density at radius 2 is 1.91 bits per heavy atom. The van der Waals surface area contributed by atoms with Crippen LogP contribution in [-0.4, -0.2) is 12.8 Å². The Morgan fingerprint density at radius 1 is 1.04 bits per heavy atom. The molecule has 0 fully saturated rings. The smallest absolute Gasteiger partial charge is 0.319 e. The molecule has 2 aromatic carbocycles. The number of rotatable bonds is 3. The van der Waals surface area contributed by atoms with E-state index in [1.54, 1.807) is 18.2 Å². The van der Waals surface area contributed by atoms with Gasteiger partial charge in [0.15, 0.2) is 11.5 Å². The van der Waals surface area contributed by atoms with E-state index in [0.717, 1.165) is 11.0 Å². The minimum atomic E-state index is -0.315. The van der Waals surface area contributed by atoms with E-state index < -0.39 is 0 Å². The highest BCUT2D eigenvalue weighted by molar-refractivity contribution is 5.89. The first kappa shape index (κ1) is 13.5. The number of fused-ring (bicyclic) bond motifs is 2. The highest BCUT2D eigenvalue weighted by atomic mass is 16.7. The van der Waals surface area contributed by atoms with E-state index in [2.05, 4.69) is 10.6 Å². The molecule has 1 aromatic heterocycles. The number of amides is 2. The molecule has 0 radical (unpaired) electrons. The molecular weight excluding hydrogens is 296 g/mol. The number of urea groups is 1. The Hall–Kier alpha value is -3.15. The van der Waals surface area contributed by atoms with Crippen molar-refractivity contribution in [3.8, 4) is 11.5 Å². The van der Waals surface area contributed by atoms with Crippen LogP contribution in [0, 0.1) is 0 Å². The third-order valence-corrected chi connectivity index (χ3v) is 3.53. The Balaban J connectivity index is 1.38. The van der Waals surface area contributed by atoms with Gasteiger partial charge < -0.3 is 24.5 Å². The average Bonchev–Trinajstić information content (AvgIpc) is 3.18. The van der Waals surface area contributed by atoms with Crippen molar-refractivity contribution in [2.75, 3.05) is 12.1 Å². The maximum Gasteiger partial charge on any atom is 0.319 e. The third-order valence-electron chi connectivity index (χ3n) is 3.53. The number of nitrogens with one attached hydrogen (secondary N) is 2. The lowest BCUT2D eigenvalue weighted by molar-refractivity contribution is 0.174. The number of ether oxygens (including phenoxy) is 2. The molecule has 0 saturated heterocycles. The summed E-state index contributed by atoms with van der Waals surface area (Å²) in [5.74, 6) is 2.00. The summed E-state index contributed by atoms with van der Waals surface area (Å²) in [5, 5.41) is 6.52. The van der Waals surface area contributed by atoms with Crippen molar-refractivity contribution in [3.05, 3.63) is 54.3 Å². The Bertz CT molecular complexity index is 839. The summed E-state index contributed by atoms with van der Waals surface area (Å²) in [6.07, 6.45) is 0. The quantitative estimate of drug-likeness (QED) is 0.777. The van der Waals surface area contributed by atoms with Crippen molar-refractivity contribution in [3.63, 3.8) is 0 Å². The molecule has 0 bridgehead atoms. The summed E-state index contributed by atoms with van der Waals surface area (Å²) in [6, 6.07) is 14.6. The van der Waals surface area contributed by atoms with Crippen LogP contribution in [0.3, 0.4) is 0 Å². The molecule has 1 aliphatic rings. The third kappa shape index (κ3) is 2.78. The van der Waals surface area contributed by atoms with Crippen molar-refractivity contribution in [2.24, 2.45) is 0 Å². The standard InChI is InChI=1S/C17H14N2O4/c20-17(19-12-5-6-15-16(8-12)22-10-21-15)18-9-13-7-11-3-1-2-4-14(11)23-13/h1-8H,9-10H2,(H2,18,19,20). The molecule has 6 heteroatoms. The number of carbonyl (C=O) groups excluding carboxylic acids is 1. The number of carbonyl (C=O) groups is 1. The summed E-state index contributed by atoms with van der Waals surface area (Å²) in [6.45, 7) is 0.516. The van der Waals surface area contributed by atoms with Gasteiger partial charge in [0.2, 0.25) is 6.79 Å². The molecule has 3 aromatic rings. The fraction of sp³-hybridized carbons (Fsp3) is 0.118. The predicted octanol–water partition coefficient (Wildman–Crippen LogP) is 3.48. The first-order valence-electron chi connectivity index (χ1n) is 7.20. The van der Waals surface area contributed by atoms with Crippen LogP contribution in [0.5, 0.6) is 11.5 Å². The van der Waals surface area contributed by atoms with E-state index in [4.69, 9.17) is 13.9 Å². The second kappa shape index (κ2) is 5.57. The number of furan rings is 1. The molecule has 0 atom stereocenters. The summed E-state index contributed by atoms with van der Waals surface area (Å²) in [5.41, 5.74) is 1.44. The van der Waals surface area contributed by atoms with Crippen LogP contribution < -0.4 is 20.1 Å². The molecule has 0 saturated carbocycles. The van der Waals surface area contributed by atoms with Crippen LogP contribution >= 0.6 is 0 Å². The molecule has 2 heterocycles. The van der Waals surface area contributed by atoms with E-state index in [1.807, 2.05) is 30.3 Å². The summed E-state index contributed by atoms with van der Waals surface area (Å²) in [7, 11) is 0. The molecule has 4 rings (SSSR count). The molecular formula is C17H14N2O4. The molecule has 1 aliphatic heterocycles. The maximum atomic E-state index is 12.0. The Morgan fingerprint density at radius 3 is 2.83 bits per heavy atom. The van der Waals surface area contributed by atoms with Gasteiger partial charge in [-0.2, -0.15) is 0 Å². The van der Waals surface area contributed by atoms with Crippen molar-refractivity contribution >= 4 is 22.7 Å². The van der Waals surface area contributed by atoms with Gasteiger partial charge in [-0.15, -0.1) is 0 Å². The minimum absolute atomic E-state index is 0.205. The normalized spacial score (nSPS) is 12.3. The van der Waals surface area contributed by atoms with Crippen LogP contribution in [0.1, 0.15) is 5.76 Å². The van der Waals surface area contributed by atoms with Crippen molar-refractivity contribution < 1.29 is 18.7 Å². The zero-order chi connectivity index (χ0) is 15.6. The monoisotopic (exact) mass is 310 g/mol. The van der Waals surface area contributed by atoms with E-state index in [-0.39, 0.29) is 12.8 Å². The summed E-state index contributed by atoms with van der Waals surface area (Å²) < 4.78 is 16.2. The Kier molecular flexibility index (Phi) is 3.27. The predicted molar refractivity (Wildman–Crippen MR) is 84.6 cm³/mol. The number of hydrogen-bond donors (Lipinski definition) is 2. The molecule has 2 N–H and O–H groups in total. The zero-order valence-corrected chi connectivity index (χ0v) is 12.2. The molecule has 0 spiro atoms. The highest BCUT2D eigenvalue weighted by Crippen LogP contribution is 2.34. The first-order chi connectivity index (χ1) is 11.3. The van der Waals surface area contributed by atoms with Gasteiger partial charge in [-0.3, -0.25) is 0 Å². The fourth-order valence-electron chi connectivity index (χ4n) is 2.44. The lowest BCUT2D eigenvalue weighted by atomic mass is 10.2. The fourth-order valence-corrected chi connectivity index (χ4v) is 2.44. The minimum Gasteiger partial charge on any atom is -0.459 e. The zero-order valence-electron chi connectivity index (χ0n) is 12.2. The number of para-hydroxylation sites is 1. The molecule has 23 heavy (non-hydrogen) atoms. The van der Waals surface area contributed by atoms with E-state index >= 15 is 0 Å². The van der Waals surface area contributed by atoms with Crippen LogP contribution in [0.4, 0.5) is 10.5 Å². The van der Waals surface area contributed by atoms with Crippen molar-refractivity contribution in [1.82, 2.24) is 5.32 Å². The van der Waals surface area contributed by atoms with Gasteiger partial charge in [-0.05, 0) is 24.3 Å². The van der Waals surface area contributed by atoms with E-state index in [0.29, 0.717) is 29.5 Å². The lowest BCUT2D eigenvalue weighted by Crippen LogP contribution is -2.27. The van der Waals surface area contributed by atoms with E-state index in [1.165, 1.54) is 0 Å². The molecule has 0 unspecified atom stereocenters. The van der Waals surface area contributed by atoms with Crippen LogP contribution in [0.25, 0.3) is 11.0 Å². The number of anilines is 1. The van der Waals surface area contributed by atoms with Gasteiger partial charge in [-0.25, -0.2) is 4.79 Å². The van der Waals surface area contributed by atoms with Gasteiger partial charge in [0.1, 0.15) is 11.3 Å². The number of benzene rings is 2. The average molecular weight is 310 g/mol. The van der Waals surface area contributed by atoms with Crippen molar-refractivity contribution in [2.45, 2.75) is 6.54 Å².